The van der Waals surface area contributed by atoms with E-state index in [0.717, 1.165) is 22.3 Å². The second-order valence-corrected chi connectivity index (χ2v) is 8.61. The minimum absolute atomic E-state index is 0.272. The Balaban J connectivity index is 1.46. The second-order valence-electron chi connectivity index (χ2n) is 6.59. The van der Waals surface area contributed by atoms with Crippen molar-refractivity contribution in [2.75, 3.05) is 26.5 Å². The van der Waals surface area contributed by atoms with Crippen LogP contribution < -0.4 is 15.4 Å². The third kappa shape index (κ3) is 5.29. The van der Waals surface area contributed by atoms with Gasteiger partial charge < -0.3 is 19.8 Å². The summed E-state index contributed by atoms with van der Waals surface area (Å²) in [6.07, 6.45) is 1.18. The molecule has 0 unspecified atom stereocenters. The molecule has 0 radical (unpaired) electrons. The fraction of sp³-hybridized carbons (Fsp3) is 0.286. The first-order valence-electron chi connectivity index (χ1n) is 9.23. The number of para-hydroxylation sites is 1. The van der Waals surface area contributed by atoms with Crippen LogP contribution in [0.15, 0.2) is 62.8 Å². The average molecular weight is 416 g/mol. The Kier molecular flexibility index (Phi) is 6.43. The Morgan fingerprint density at radius 3 is 2.48 bits per heavy atom. The van der Waals surface area contributed by atoms with Crippen molar-refractivity contribution in [3.8, 4) is 5.75 Å². The van der Waals surface area contributed by atoms with Crippen molar-refractivity contribution in [1.29, 1.82) is 0 Å². The first-order valence-corrected chi connectivity index (χ1v) is 11.1. The molecule has 8 heteroatoms. The smallest absolute Gasteiger partial charge is 0.191 e. The number of fused-ring (bicyclic) bond motifs is 1. The average Bonchev–Trinajstić information content (AvgIpc) is 3.03. The van der Waals surface area contributed by atoms with Gasteiger partial charge in [0.1, 0.15) is 23.7 Å². The third-order valence-corrected chi connectivity index (χ3v) is 5.63. The molecule has 1 heterocycles. The maximum Gasteiger partial charge on any atom is 0.191 e. The number of aliphatic imine (C=N–C) groups is 1. The van der Waals surface area contributed by atoms with Gasteiger partial charge in [0, 0.05) is 24.3 Å². The molecular formula is C21H25N3O4S. The van der Waals surface area contributed by atoms with Gasteiger partial charge in [0.15, 0.2) is 15.8 Å². The molecule has 0 fully saturated rings. The monoisotopic (exact) mass is 415 g/mol. The highest BCUT2D eigenvalue weighted by Crippen LogP contribution is 2.24. The van der Waals surface area contributed by atoms with E-state index in [1.807, 2.05) is 31.2 Å². The lowest BCUT2D eigenvalue weighted by molar-refractivity contribution is 0.321. The molecule has 0 saturated carbocycles. The maximum absolute atomic E-state index is 11.5. The van der Waals surface area contributed by atoms with Crippen molar-refractivity contribution >= 4 is 26.8 Å². The Morgan fingerprint density at radius 2 is 1.83 bits per heavy atom. The topological polar surface area (TPSA) is 92.9 Å². The molecule has 0 spiro atoms. The van der Waals surface area contributed by atoms with Gasteiger partial charge in [-0.15, -0.1) is 0 Å². The summed E-state index contributed by atoms with van der Waals surface area (Å²) in [5, 5.41) is 7.52. The Labute approximate surface area is 170 Å². The summed E-state index contributed by atoms with van der Waals surface area (Å²) in [5.41, 5.74) is 1.99. The zero-order chi connectivity index (χ0) is 20.9. The summed E-state index contributed by atoms with van der Waals surface area (Å²) in [7, 11) is -1.50. The minimum Gasteiger partial charge on any atom is -0.492 e. The fourth-order valence-electron chi connectivity index (χ4n) is 2.90. The molecule has 3 aromatic rings. The molecule has 7 nitrogen and oxygen atoms in total. The number of hydrogen-bond donors (Lipinski definition) is 2. The van der Waals surface area contributed by atoms with Gasteiger partial charge >= 0.3 is 0 Å². The highest BCUT2D eigenvalue weighted by molar-refractivity contribution is 7.90. The van der Waals surface area contributed by atoms with E-state index in [-0.39, 0.29) is 4.90 Å². The lowest BCUT2D eigenvalue weighted by Crippen LogP contribution is -2.38. The normalized spacial score (nSPS) is 12.2. The standard InChI is InChI=1S/C21H25N3O4S/c1-15-18-6-4-5-7-19(18)28-20(15)14-24-21(22-2)23-12-13-27-16-8-10-17(11-9-16)29(3,25)26/h4-11H,12-14H2,1-3H3,(H2,22,23,24). The molecule has 2 N–H and O–H groups in total. The van der Waals surface area contributed by atoms with Crippen LogP contribution in [0.5, 0.6) is 5.75 Å². The van der Waals surface area contributed by atoms with E-state index in [1.54, 1.807) is 19.2 Å². The number of nitrogens with zero attached hydrogens (tertiary/aromatic N) is 1. The van der Waals surface area contributed by atoms with E-state index in [9.17, 15) is 8.42 Å². The van der Waals surface area contributed by atoms with E-state index >= 15 is 0 Å². The maximum atomic E-state index is 11.5. The van der Waals surface area contributed by atoms with Crippen molar-refractivity contribution < 1.29 is 17.6 Å². The molecule has 29 heavy (non-hydrogen) atoms. The molecule has 3 rings (SSSR count). The van der Waals surface area contributed by atoms with Crippen molar-refractivity contribution in [3.05, 3.63) is 59.9 Å². The fourth-order valence-corrected chi connectivity index (χ4v) is 3.53. The number of sulfone groups is 1. The quantitative estimate of drug-likeness (QED) is 0.350. The van der Waals surface area contributed by atoms with Gasteiger partial charge in [-0.2, -0.15) is 0 Å². The van der Waals surface area contributed by atoms with Crippen LogP contribution >= 0.6 is 0 Å². The van der Waals surface area contributed by atoms with Crippen LogP contribution in [0.25, 0.3) is 11.0 Å². The molecular weight excluding hydrogens is 390 g/mol. The number of benzene rings is 2. The Bertz CT molecular complexity index is 1100. The molecule has 0 bridgehead atoms. The Hall–Kier alpha value is -3.00. The number of ether oxygens (including phenoxy) is 1. The summed E-state index contributed by atoms with van der Waals surface area (Å²) >= 11 is 0. The molecule has 0 amide bonds. The van der Waals surface area contributed by atoms with Gasteiger partial charge in [-0.05, 0) is 37.3 Å². The number of rotatable bonds is 7. The number of furan rings is 1. The minimum atomic E-state index is -3.20. The lowest BCUT2D eigenvalue weighted by Gasteiger charge is -2.12. The highest BCUT2D eigenvalue weighted by Gasteiger charge is 2.10. The number of hydrogen-bond acceptors (Lipinski definition) is 5. The van der Waals surface area contributed by atoms with E-state index in [4.69, 9.17) is 9.15 Å². The van der Waals surface area contributed by atoms with E-state index in [0.29, 0.717) is 31.4 Å². The van der Waals surface area contributed by atoms with Crippen LogP contribution in [-0.4, -0.2) is 40.8 Å². The largest absolute Gasteiger partial charge is 0.492 e. The Morgan fingerprint density at radius 1 is 1.10 bits per heavy atom. The van der Waals surface area contributed by atoms with E-state index < -0.39 is 9.84 Å². The van der Waals surface area contributed by atoms with Gasteiger partial charge in [0.25, 0.3) is 0 Å². The summed E-state index contributed by atoms with van der Waals surface area (Å²) in [4.78, 5) is 4.47. The summed E-state index contributed by atoms with van der Waals surface area (Å²) in [5.74, 6) is 2.12. The van der Waals surface area contributed by atoms with Crippen LogP contribution in [-0.2, 0) is 16.4 Å². The van der Waals surface area contributed by atoms with Crippen molar-refractivity contribution in [3.63, 3.8) is 0 Å². The van der Waals surface area contributed by atoms with E-state index in [1.165, 1.54) is 18.4 Å². The van der Waals surface area contributed by atoms with E-state index in [2.05, 4.69) is 15.6 Å². The van der Waals surface area contributed by atoms with Crippen molar-refractivity contribution in [2.45, 2.75) is 18.4 Å². The van der Waals surface area contributed by atoms with Crippen molar-refractivity contribution in [2.24, 2.45) is 4.99 Å². The van der Waals surface area contributed by atoms with Crippen LogP contribution in [0.1, 0.15) is 11.3 Å². The molecule has 0 saturated heterocycles. The zero-order valence-corrected chi connectivity index (χ0v) is 17.5. The predicted molar refractivity (Wildman–Crippen MR) is 114 cm³/mol. The predicted octanol–water partition coefficient (Wildman–Crippen LogP) is 2.89. The van der Waals surface area contributed by atoms with Crippen LogP contribution in [0.3, 0.4) is 0 Å². The zero-order valence-electron chi connectivity index (χ0n) is 16.7. The van der Waals surface area contributed by atoms with Gasteiger partial charge in [-0.1, -0.05) is 18.2 Å². The lowest BCUT2D eigenvalue weighted by atomic mass is 10.1. The molecule has 2 aromatic carbocycles. The second kappa shape index (κ2) is 9.00. The number of nitrogens with one attached hydrogen (secondary N) is 2. The van der Waals surface area contributed by atoms with Gasteiger partial charge in [-0.25, -0.2) is 8.42 Å². The van der Waals surface area contributed by atoms with Crippen LogP contribution in [0.2, 0.25) is 0 Å². The molecule has 0 aliphatic heterocycles. The molecule has 1 aromatic heterocycles. The van der Waals surface area contributed by atoms with Gasteiger partial charge in [0.2, 0.25) is 0 Å². The summed E-state index contributed by atoms with van der Waals surface area (Å²) < 4.78 is 34.5. The number of guanidine groups is 1. The summed E-state index contributed by atoms with van der Waals surface area (Å²) in [6, 6.07) is 14.3. The molecule has 0 aliphatic rings. The SMILES string of the molecule is CN=C(NCCOc1ccc(S(C)(=O)=O)cc1)NCc1oc2ccccc2c1C. The highest BCUT2D eigenvalue weighted by atomic mass is 32.2. The summed E-state index contributed by atoms with van der Waals surface area (Å²) in [6.45, 7) is 3.51. The number of aryl methyl sites for hydroxylation is 1. The van der Waals surface area contributed by atoms with Crippen molar-refractivity contribution in [1.82, 2.24) is 10.6 Å². The van der Waals surface area contributed by atoms with Crippen LogP contribution in [0.4, 0.5) is 0 Å². The first-order chi connectivity index (χ1) is 13.9. The molecule has 0 aliphatic carbocycles. The van der Waals surface area contributed by atoms with Gasteiger partial charge in [-0.3, -0.25) is 4.99 Å². The first kappa shape index (κ1) is 20.7. The third-order valence-electron chi connectivity index (χ3n) is 4.50. The van der Waals surface area contributed by atoms with Gasteiger partial charge in [0.05, 0.1) is 18.0 Å². The molecule has 154 valence electrons. The molecule has 0 atom stereocenters. The van der Waals surface area contributed by atoms with Crippen LogP contribution in [0, 0.1) is 6.92 Å².